The maximum atomic E-state index is 14.0. The van der Waals surface area contributed by atoms with E-state index < -0.39 is 41.4 Å². The van der Waals surface area contributed by atoms with Crippen LogP contribution in [0.3, 0.4) is 0 Å². The number of rotatable bonds is 5. The lowest BCUT2D eigenvalue weighted by molar-refractivity contribution is -0.138. The first-order chi connectivity index (χ1) is 18.6. The van der Waals surface area contributed by atoms with E-state index in [1.165, 1.54) is 31.2 Å². The summed E-state index contributed by atoms with van der Waals surface area (Å²) in [4.78, 5) is 28.8. The summed E-state index contributed by atoms with van der Waals surface area (Å²) in [5.74, 6) is -3.92. The van der Waals surface area contributed by atoms with Crippen molar-refractivity contribution < 1.29 is 22.8 Å². The highest BCUT2D eigenvalue weighted by Crippen LogP contribution is 2.43. The molecule has 1 aliphatic heterocycles. The summed E-state index contributed by atoms with van der Waals surface area (Å²) in [6.07, 6.45) is -4.66. The molecule has 0 spiro atoms. The van der Waals surface area contributed by atoms with Crippen molar-refractivity contribution in [2.24, 2.45) is 5.92 Å². The van der Waals surface area contributed by atoms with Gasteiger partial charge in [-0.1, -0.05) is 48.5 Å². The first kappa shape index (κ1) is 27.2. The number of anilines is 1. The molecule has 9 heteroatoms. The first-order valence-corrected chi connectivity index (χ1v) is 12.0. The molecule has 4 rings (SSSR count). The number of halogens is 3. The molecule has 0 aromatic heterocycles. The molecule has 0 bridgehead atoms. The van der Waals surface area contributed by atoms with Gasteiger partial charge in [-0.2, -0.15) is 23.7 Å². The van der Waals surface area contributed by atoms with E-state index in [0.29, 0.717) is 11.1 Å². The molecule has 1 heterocycles. The number of hydrogen-bond acceptors (Lipinski definition) is 4. The average Bonchev–Trinajstić information content (AvgIpc) is 2.93. The third kappa shape index (κ3) is 5.39. The van der Waals surface area contributed by atoms with E-state index in [4.69, 9.17) is 0 Å². The molecule has 3 aromatic carbocycles. The van der Waals surface area contributed by atoms with Crippen LogP contribution in [-0.2, 0) is 15.8 Å². The number of benzene rings is 3. The normalized spacial score (nSPS) is 18.2. The Kier molecular flexibility index (Phi) is 7.55. The van der Waals surface area contributed by atoms with Gasteiger partial charge in [-0.15, -0.1) is 0 Å². The van der Waals surface area contributed by atoms with Gasteiger partial charge in [0.1, 0.15) is 5.92 Å². The lowest BCUT2D eigenvalue weighted by Crippen LogP contribution is -2.50. The van der Waals surface area contributed by atoms with Crippen molar-refractivity contribution in [3.63, 3.8) is 0 Å². The molecule has 2 amide bonds. The molecular weight excluding hydrogens is 505 g/mol. The maximum Gasteiger partial charge on any atom is 0.416 e. The number of alkyl halides is 3. The van der Waals surface area contributed by atoms with E-state index >= 15 is 0 Å². The Morgan fingerprint density at radius 2 is 1.64 bits per heavy atom. The second kappa shape index (κ2) is 10.8. The predicted molar refractivity (Wildman–Crippen MR) is 138 cm³/mol. The minimum atomic E-state index is -4.66. The highest BCUT2D eigenvalue weighted by Gasteiger charge is 2.47. The Bertz CT molecular complexity index is 1520. The molecular formula is C30H23F3N4O2. The topological polar surface area (TPSA) is 97.0 Å². The van der Waals surface area contributed by atoms with Gasteiger partial charge in [0, 0.05) is 17.3 Å². The van der Waals surface area contributed by atoms with Crippen LogP contribution < -0.4 is 10.2 Å². The minimum Gasteiger partial charge on any atom is -0.349 e. The van der Waals surface area contributed by atoms with Crippen LogP contribution in [0.25, 0.3) is 0 Å². The lowest BCUT2D eigenvalue weighted by Gasteiger charge is -2.38. The zero-order chi connectivity index (χ0) is 28.3. The van der Waals surface area contributed by atoms with Gasteiger partial charge in [-0.25, -0.2) is 0 Å². The van der Waals surface area contributed by atoms with Crippen molar-refractivity contribution in [1.29, 1.82) is 10.5 Å². The molecule has 6 nitrogen and oxygen atoms in total. The van der Waals surface area contributed by atoms with E-state index in [1.54, 1.807) is 31.2 Å². The fraction of sp³-hybridized carbons (Fsp3) is 0.200. The van der Waals surface area contributed by atoms with Crippen LogP contribution in [-0.4, -0.2) is 11.8 Å². The quantitative estimate of drug-likeness (QED) is 0.411. The molecule has 3 aromatic rings. The van der Waals surface area contributed by atoms with Gasteiger partial charge in [0.2, 0.25) is 11.8 Å². The molecule has 39 heavy (non-hydrogen) atoms. The zero-order valence-corrected chi connectivity index (χ0v) is 21.0. The van der Waals surface area contributed by atoms with Gasteiger partial charge in [-0.3, -0.25) is 14.5 Å². The van der Waals surface area contributed by atoms with Crippen LogP contribution in [0.1, 0.15) is 48.1 Å². The van der Waals surface area contributed by atoms with Crippen molar-refractivity contribution in [3.8, 4) is 12.1 Å². The molecule has 0 fully saturated rings. The maximum absolute atomic E-state index is 14.0. The van der Waals surface area contributed by atoms with E-state index in [1.807, 2.05) is 24.3 Å². The number of nitriles is 2. The molecule has 0 saturated heterocycles. The minimum absolute atomic E-state index is 0.0595. The second-order valence-corrected chi connectivity index (χ2v) is 9.16. The number of nitrogens with zero attached hydrogens (tertiary/aromatic N) is 3. The summed E-state index contributed by atoms with van der Waals surface area (Å²) in [6.45, 7) is 3.21. The number of nitrogens with one attached hydrogen (secondary N) is 1. The molecule has 1 aliphatic rings. The largest absolute Gasteiger partial charge is 0.416 e. The Hall–Kier alpha value is -4.89. The molecule has 196 valence electrons. The van der Waals surface area contributed by atoms with Crippen molar-refractivity contribution >= 4 is 17.5 Å². The Labute approximate surface area is 223 Å². The highest BCUT2D eigenvalue weighted by molar-refractivity contribution is 6.12. The second-order valence-electron chi connectivity index (χ2n) is 9.16. The Morgan fingerprint density at radius 1 is 0.974 bits per heavy atom. The molecule has 0 radical (unpaired) electrons. The molecule has 0 aliphatic carbocycles. The summed E-state index contributed by atoms with van der Waals surface area (Å²) >= 11 is 0. The zero-order valence-electron chi connectivity index (χ0n) is 21.0. The monoisotopic (exact) mass is 528 g/mol. The van der Waals surface area contributed by atoms with Crippen molar-refractivity contribution in [3.05, 3.63) is 112 Å². The van der Waals surface area contributed by atoms with Crippen LogP contribution in [0.4, 0.5) is 18.9 Å². The van der Waals surface area contributed by atoms with Gasteiger partial charge >= 0.3 is 6.18 Å². The summed E-state index contributed by atoms with van der Waals surface area (Å²) in [5.41, 5.74) is 0.699. The van der Waals surface area contributed by atoms with E-state index in [9.17, 15) is 33.3 Å². The average molecular weight is 529 g/mol. The van der Waals surface area contributed by atoms with Gasteiger partial charge < -0.3 is 5.32 Å². The van der Waals surface area contributed by atoms with Gasteiger partial charge in [-0.05, 0) is 55.3 Å². The number of carbonyl (C=O) groups excluding carboxylic acids is 2. The molecule has 2 unspecified atom stereocenters. The fourth-order valence-corrected chi connectivity index (χ4v) is 4.77. The van der Waals surface area contributed by atoms with Gasteiger partial charge in [0.05, 0.1) is 34.9 Å². The number of carbonyl (C=O) groups is 2. The third-order valence-electron chi connectivity index (χ3n) is 6.75. The Balaban J connectivity index is 1.85. The van der Waals surface area contributed by atoms with Gasteiger partial charge in [0.15, 0.2) is 0 Å². The van der Waals surface area contributed by atoms with Gasteiger partial charge in [0.25, 0.3) is 0 Å². The molecule has 3 atom stereocenters. The van der Waals surface area contributed by atoms with Crippen LogP contribution >= 0.6 is 0 Å². The number of allylic oxidation sites excluding steroid dienone is 2. The van der Waals surface area contributed by atoms with Crippen LogP contribution in [0.5, 0.6) is 0 Å². The first-order valence-electron chi connectivity index (χ1n) is 12.0. The third-order valence-corrected chi connectivity index (χ3v) is 6.75. The standard InChI is InChI=1S/C30H23F3N4O2/c1-18(21-7-4-3-5-8-21)36-28(38)27-26(22-13-11-20(16-34)12-14-22)25(17-35)19(2)37(29(27)39)24-10-6-9-23(15-24)30(31,32)33/h3-15,18,26-27H,1-2H3,(H,36,38)/t18-,26?,27?/m0/s1. The number of hydrogen-bond donors (Lipinski definition) is 1. The van der Waals surface area contributed by atoms with E-state index in [0.717, 1.165) is 22.6 Å². The Morgan fingerprint density at radius 3 is 2.23 bits per heavy atom. The van der Waals surface area contributed by atoms with E-state index in [-0.39, 0.29) is 17.0 Å². The fourth-order valence-electron chi connectivity index (χ4n) is 4.77. The summed E-state index contributed by atoms with van der Waals surface area (Å²) in [5, 5.41) is 22.2. The lowest BCUT2D eigenvalue weighted by atomic mass is 9.75. The van der Waals surface area contributed by atoms with Crippen LogP contribution in [0.15, 0.2) is 90.1 Å². The molecule has 1 N–H and O–H groups in total. The molecule has 0 saturated carbocycles. The van der Waals surface area contributed by atoms with Crippen molar-refractivity contribution in [2.75, 3.05) is 4.90 Å². The summed E-state index contributed by atoms with van der Waals surface area (Å²) < 4.78 is 40.4. The van der Waals surface area contributed by atoms with Crippen molar-refractivity contribution in [1.82, 2.24) is 5.32 Å². The SMILES string of the molecule is CC1=C(C#N)C(c2ccc(C#N)cc2)C(C(=O)N[C@@H](C)c2ccccc2)C(=O)N1c1cccc(C(F)(F)F)c1. The van der Waals surface area contributed by atoms with E-state index in [2.05, 4.69) is 11.4 Å². The predicted octanol–water partition coefficient (Wildman–Crippen LogP) is 6.00. The van der Waals surface area contributed by atoms with Crippen LogP contribution in [0.2, 0.25) is 0 Å². The summed E-state index contributed by atoms with van der Waals surface area (Å²) in [7, 11) is 0. The number of amides is 2. The highest BCUT2D eigenvalue weighted by atomic mass is 19.4. The summed E-state index contributed by atoms with van der Waals surface area (Å²) in [6, 6.07) is 23.0. The smallest absolute Gasteiger partial charge is 0.349 e. The van der Waals surface area contributed by atoms with Crippen LogP contribution in [0, 0.1) is 28.6 Å². The van der Waals surface area contributed by atoms with Crippen molar-refractivity contribution in [2.45, 2.75) is 32.0 Å².